The lowest BCUT2D eigenvalue weighted by molar-refractivity contribution is 0.102. The molecule has 0 aliphatic rings. The van der Waals surface area contributed by atoms with E-state index in [1.807, 2.05) is 47.1 Å². The number of aromatic nitrogens is 2. The minimum atomic E-state index is -0.263. The summed E-state index contributed by atoms with van der Waals surface area (Å²) in [7, 11) is 0. The van der Waals surface area contributed by atoms with Crippen LogP contribution in [0, 0.1) is 0 Å². The largest absolute Gasteiger partial charge is 0.321 e. The first-order valence-electron chi connectivity index (χ1n) is 7.91. The summed E-state index contributed by atoms with van der Waals surface area (Å²) in [6.07, 6.45) is 3.75. The number of rotatable bonds is 3. The Morgan fingerprint density at radius 1 is 1.00 bits per heavy atom. The molecule has 2 aromatic heterocycles. The minimum absolute atomic E-state index is 0.263. The van der Waals surface area contributed by atoms with Crippen molar-refractivity contribution in [3.63, 3.8) is 0 Å². The topological polar surface area (TPSA) is 46.4 Å². The van der Waals surface area contributed by atoms with Crippen molar-refractivity contribution >= 4 is 40.4 Å². The van der Waals surface area contributed by atoms with Crippen LogP contribution in [0.3, 0.4) is 0 Å². The molecule has 128 valence electrons. The third kappa shape index (κ3) is 3.29. The molecule has 1 amide bonds. The fourth-order valence-electron chi connectivity index (χ4n) is 2.66. The highest BCUT2D eigenvalue weighted by molar-refractivity contribution is 6.36. The van der Waals surface area contributed by atoms with Crippen LogP contribution < -0.4 is 5.32 Å². The summed E-state index contributed by atoms with van der Waals surface area (Å²) < 4.78 is 1.88. The Hall–Kier alpha value is -2.82. The van der Waals surface area contributed by atoms with Gasteiger partial charge in [0.05, 0.1) is 16.4 Å². The van der Waals surface area contributed by atoms with Crippen molar-refractivity contribution < 1.29 is 4.79 Å². The second kappa shape index (κ2) is 6.83. The minimum Gasteiger partial charge on any atom is -0.321 e. The van der Waals surface area contributed by atoms with Crippen LogP contribution in [-0.2, 0) is 0 Å². The summed E-state index contributed by atoms with van der Waals surface area (Å²) >= 11 is 12.0. The van der Waals surface area contributed by atoms with E-state index >= 15 is 0 Å². The standard InChI is InChI=1S/C20H13Cl2N3O/c21-15-6-7-17(16(22)11-15)24-20(26)14-8-9-25-12-18(23-19(25)10-14)13-4-2-1-3-5-13/h1-12H,(H,24,26). The monoisotopic (exact) mass is 381 g/mol. The number of nitrogens with one attached hydrogen (secondary N) is 1. The SMILES string of the molecule is O=C(Nc1ccc(Cl)cc1Cl)c1ccn2cc(-c3ccccc3)nc2c1. The van der Waals surface area contributed by atoms with Crippen molar-refractivity contribution in [1.29, 1.82) is 0 Å². The molecule has 0 saturated heterocycles. The predicted molar refractivity (Wildman–Crippen MR) is 105 cm³/mol. The summed E-state index contributed by atoms with van der Waals surface area (Å²) in [5.74, 6) is -0.263. The number of carbonyl (C=O) groups excluding carboxylic acids is 1. The van der Waals surface area contributed by atoms with E-state index in [0.29, 0.717) is 26.9 Å². The molecule has 4 aromatic rings. The molecule has 0 aliphatic carbocycles. The average Bonchev–Trinajstić information content (AvgIpc) is 3.08. The van der Waals surface area contributed by atoms with Crippen molar-refractivity contribution in [1.82, 2.24) is 9.38 Å². The number of fused-ring (bicyclic) bond motifs is 1. The van der Waals surface area contributed by atoms with E-state index in [4.69, 9.17) is 23.2 Å². The highest BCUT2D eigenvalue weighted by atomic mass is 35.5. The molecule has 4 nitrogen and oxygen atoms in total. The van der Waals surface area contributed by atoms with Crippen molar-refractivity contribution in [3.05, 3.63) is 88.7 Å². The fourth-order valence-corrected chi connectivity index (χ4v) is 3.11. The molecule has 0 aliphatic heterocycles. The molecule has 0 unspecified atom stereocenters. The lowest BCUT2D eigenvalue weighted by Gasteiger charge is -2.07. The number of hydrogen-bond acceptors (Lipinski definition) is 2. The van der Waals surface area contributed by atoms with Gasteiger partial charge in [-0.1, -0.05) is 53.5 Å². The van der Waals surface area contributed by atoms with E-state index < -0.39 is 0 Å². The molecule has 1 N–H and O–H groups in total. The summed E-state index contributed by atoms with van der Waals surface area (Å²) in [6, 6.07) is 18.3. The first-order chi connectivity index (χ1) is 12.6. The molecule has 2 aromatic carbocycles. The maximum absolute atomic E-state index is 12.5. The highest BCUT2D eigenvalue weighted by Crippen LogP contribution is 2.26. The molecule has 26 heavy (non-hydrogen) atoms. The van der Waals surface area contributed by atoms with Gasteiger partial charge in [0.15, 0.2) is 0 Å². The molecule has 2 heterocycles. The van der Waals surface area contributed by atoms with Gasteiger partial charge >= 0.3 is 0 Å². The van der Waals surface area contributed by atoms with Crippen molar-refractivity contribution in [2.45, 2.75) is 0 Å². The molecule has 0 atom stereocenters. The van der Waals surface area contributed by atoms with E-state index in [1.54, 1.807) is 30.3 Å². The van der Waals surface area contributed by atoms with Gasteiger partial charge in [-0.05, 0) is 30.3 Å². The highest BCUT2D eigenvalue weighted by Gasteiger charge is 2.11. The average molecular weight is 382 g/mol. The number of benzene rings is 2. The number of pyridine rings is 1. The van der Waals surface area contributed by atoms with Crippen LogP contribution in [0.1, 0.15) is 10.4 Å². The number of imidazole rings is 1. The first kappa shape index (κ1) is 16.6. The van der Waals surface area contributed by atoms with Crippen LogP contribution in [-0.4, -0.2) is 15.3 Å². The van der Waals surface area contributed by atoms with Crippen molar-refractivity contribution in [2.75, 3.05) is 5.32 Å². The molecule has 0 bridgehead atoms. The number of hydrogen-bond donors (Lipinski definition) is 1. The zero-order chi connectivity index (χ0) is 18.1. The van der Waals surface area contributed by atoms with Gasteiger partial charge in [0.25, 0.3) is 5.91 Å². The van der Waals surface area contributed by atoms with E-state index in [2.05, 4.69) is 10.3 Å². The van der Waals surface area contributed by atoms with Crippen molar-refractivity contribution in [2.24, 2.45) is 0 Å². The molecule has 0 spiro atoms. The maximum atomic E-state index is 12.5. The van der Waals surface area contributed by atoms with Gasteiger partial charge in [-0.25, -0.2) is 4.98 Å². The lowest BCUT2D eigenvalue weighted by atomic mass is 10.2. The molecule has 0 radical (unpaired) electrons. The Balaban J connectivity index is 1.63. The number of halogens is 2. The van der Waals surface area contributed by atoms with Gasteiger partial charge in [-0.3, -0.25) is 4.79 Å². The number of anilines is 1. The molecule has 0 saturated carbocycles. The third-order valence-electron chi connectivity index (χ3n) is 3.97. The van der Waals surface area contributed by atoms with Gasteiger partial charge < -0.3 is 9.72 Å². The van der Waals surface area contributed by atoms with Crippen LogP contribution in [0.4, 0.5) is 5.69 Å². The Morgan fingerprint density at radius 2 is 1.81 bits per heavy atom. The Kier molecular flexibility index (Phi) is 4.37. The zero-order valence-electron chi connectivity index (χ0n) is 13.5. The third-order valence-corrected chi connectivity index (χ3v) is 4.52. The molecular formula is C20H13Cl2N3O. The summed E-state index contributed by atoms with van der Waals surface area (Å²) in [5.41, 5.74) is 3.57. The van der Waals surface area contributed by atoms with Crippen LogP contribution >= 0.6 is 23.2 Å². The molecule has 0 fully saturated rings. The summed E-state index contributed by atoms with van der Waals surface area (Å²) in [5, 5.41) is 3.69. The maximum Gasteiger partial charge on any atom is 0.255 e. The quantitative estimate of drug-likeness (QED) is 0.504. The zero-order valence-corrected chi connectivity index (χ0v) is 15.0. The van der Waals surface area contributed by atoms with E-state index in [0.717, 1.165) is 11.3 Å². The van der Waals surface area contributed by atoms with Crippen LogP contribution in [0.25, 0.3) is 16.9 Å². The van der Waals surface area contributed by atoms with E-state index in [9.17, 15) is 4.79 Å². The predicted octanol–water partition coefficient (Wildman–Crippen LogP) is 5.56. The van der Waals surface area contributed by atoms with Gasteiger partial charge in [0.2, 0.25) is 0 Å². The Labute approximate surface area is 160 Å². The lowest BCUT2D eigenvalue weighted by Crippen LogP contribution is -2.12. The second-order valence-electron chi connectivity index (χ2n) is 5.75. The number of nitrogens with zero attached hydrogens (tertiary/aromatic N) is 2. The smallest absolute Gasteiger partial charge is 0.255 e. The van der Waals surface area contributed by atoms with Crippen LogP contribution in [0.2, 0.25) is 10.0 Å². The first-order valence-corrected chi connectivity index (χ1v) is 8.66. The summed E-state index contributed by atoms with van der Waals surface area (Å²) in [6.45, 7) is 0. The normalized spacial score (nSPS) is 10.8. The second-order valence-corrected chi connectivity index (χ2v) is 6.59. The number of carbonyl (C=O) groups is 1. The fraction of sp³-hybridized carbons (Fsp3) is 0. The van der Waals surface area contributed by atoms with E-state index in [1.165, 1.54) is 0 Å². The Bertz CT molecular complexity index is 1110. The number of amides is 1. The van der Waals surface area contributed by atoms with Gasteiger partial charge in [0, 0.05) is 28.5 Å². The van der Waals surface area contributed by atoms with Crippen LogP contribution in [0.15, 0.2) is 73.1 Å². The Morgan fingerprint density at radius 3 is 2.58 bits per heavy atom. The van der Waals surface area contributed by atoms with Gasteiger partial charge in [0.1, 0.15) is 5.65 Å². The van der Waals surface area contributed by atoms with Crippen molar-refractivity contribution in [3.8, 4) is 11.3 Å². The van der Waals surface area contributed by atoms with Crippen LogP contribution in [0.5, 0.6) is 0 Å². The molecular weight excluding hydrogens is 369 g/mol. The molecule has 4 rings (SSSR count). The van der Waals surface area contributed by atoms with Gasteiger partial charge in [-0.2, -0.15) is 0 Å². The summed E-state index contributed by atoms with van der Waals surface area (Å²) in [4.78, 5) is 17.1. The van der Waals surface area contributed by atoms with E-state index in [-0.39, 0.29) is 5.91 Å². The molecule has 6 heteroatoms. The van der Waals surface area contributed by atoms with Gasteiger partial charge in [-0.15, -0.1) is 0 Å².